The molecule has 38 valence electrons. The maximum Gasteiger partial charge on any atom is 0.198 e. The second kappa shape index (κ2) is 2.13. The van der Waals surface area contributed by atoms with Crippen molar-refractivity contribution in [2.24, 2.45) is 0 Å². The zero-order valence-electron chi connectivity index (χ0n) is 3.19. The maximum atomic E-state index is 4.79. The van der Waals surface area contributed by atoms with Crippen LogP contribution >= 0.6 is 38.5 Å². The van der Waals surface area contributed by atoms with Gasteiger partial charge in [-0.3, -0.25) is 0 Å². The lowest BCUT2D eigenvalue weighted by Gasteiger charge is -1.71. The second-order valence-electron chi connectivity index (χ2n) is 0.917. The predicted molar refractivity (Wildman–Crippen MR) is 36.9 cm³/mol. The minimum atomic E-state index is 0.771. The first kappa shape index (κ1) is 5.55. The zero-order chi connectivity index (χ0) is 5.28. The summed E-state index contributed by atoms with van der Waals surface area (Å²) < 4.78 is 6.35. The first-order valence-electron chi connectivity index (χ1n) is 1.55. The highest BCUT2D eigenvalue weighted by molar-refractivity contribution is 14.1. The van der Waals surface area contributed by atoms with Gasteiger partial charge in [0.1, 0.15) is 0 Å². The van der Waals surface area contributed by atoms with Crippen LogP contribution in [-0.4, -0.2) is 4.98 Å². The van der Waals surface area contributed by atoms with Crippen LogP contribution in [0.5, 0.6) is 0 Å². The van der Waals surface area contributed by atoms with Crippen LogP contribution in [0, 0.1) is 3.77 Å². The van der Waals surface area contributed by atoms with E-state index in [0.29, 0.717) is 0 Å². The summed E-state index contributed by atoms with van der Waals surface area (Å²) in [5.41, 5.74) is 0. The Morgan fingerprint density at radius 3 is 2.71 bits per heavy atom. The van der Waals surface area contributed by atoms with Crippen molar-refractivity contribution >= 4 is 38.5 Å². The molecule has 0 radical (unpaired) electrons. The highest BCUT2D eigenvalue weighted by Gasteiger charge is 1.95. The van der Waals surface area contributed by atoms with Gasteiger partial charge in [0.2, 0.25) is 0 Å². The average molecular weight is 274 g/mol. The summed E-state index contributed by atoms with van der Waals surface area (Å²) in [6.45, 7) is 0. The first-order chi connectivity index (χ1) is 3.30. The van der Waals surface area contributed by atoms with E-state index in [4.69, 9.17) is 4.42 Å². The fraction of sp³-hybridized carbons (Fsp3) is 0. The van der Waals surface area contributed by atoms with E-state index >= 15 is 0 Å². The van der Waals surface area contributed by atoms with Crippen molar-refractivity contribution in [1.82, 2.24) is 4.98 Å². The van der Waals surface area contributed by atoms with Gasteiger partial charge in [-0.1, -0.05) is 0 Å². The topological polar surface area (TPSA) is 26.0 Å². The summed E-state index contributed by atoms with van der Waals surface area (Å²) >= 11 is 5.20. The number of rotatable bonds is 0. The van der Waals surface area contributed by atoms with Crippen LogP contribution in [0.2, 0.25) is 0 Å². The van der Waals surface area contributed by atoms with Gasteiger partial charge < -0.3 is 4.42 Å². The van der Waals surface area contributed by atoms with E-state index in [9.17, 15) is 0 Å². The number of halogens is 2. The van der Waals surface area contributed by atoms with Crippen molar-refractivity contribution in [1.29, 1.82) is 0 Å². The molecule has 0 unspecified atom stereocenters. The SMILES string of the molecule is Brc1ncoc1I. The largest absolute Gasteiger partial charge is 0.437 e. The molecule has 0 spiro atoms. The molecule has 0 saturated carbocycles. The molecule has 1 heterocycles. The molecule has 0 atom stereocenters. The van der Waals surface area contributed by atoms with E-state index in [0.717, 1.165) is 8.37 Å². The summed E-state index contributed by atoms with van der Waals surface area (Å²) in [4.78, 5) is 3.76. The molecule has 0 aromatic carbocycles. The van der Waals surface area contributed by atoms with Crippen LogP contribution in [0.15, 0.2) is 15.4 Å². The van der Waals surface area contributed by atoms with E-state index in [2.05, 4.69) is 20.9 Å². The summed E-state index contributed by atoms with van der Waals surface area (Å²) in [7, 11) is 0. The summed E-state index contributed by atoms with van der Waals surface area (Å²) in [5.74, 6) is 0. The normalized spacial score (nSPS) is 9.43. The zero-order valence-corrected chi connectivity index (χ0v) is 6.93. The minimum absolute atomic E-state index is 0.771. The standard InChI is InChI=1S/C3HBrINO/c4-2-3(5)7-1-6-2/h1H. The van der Waals surface area contributed by atoms with Crippen molar-refractivity contribution < 1.29 is 4.42 Å². The molecule has 0 aliphatic rings. The molecule has 1 rings (SSSR count). The van der Waals surface area contributed by atoms with E-state index < -0.39 is 0 Å². The highest BCUT2D eigenvalue weighted by Crippen LogP contribution is 2.14. The molecule has 4 heteroatoms. The molecule has 7 heavy (non-hydrogen) atoms. The number of nitrogens with zero attached hydrogens (tertiary/aromatic N) is 1. The quantitative estimate of drug-likeness (QED) is 0.676. The second-order valence-corrected chi connectivity index (χ2v) is 2.65. The van der Waals surface area contributed by atoms with E-state index in [1.807, 2.05) is 22.6 Å². The van der Waals surface area contributed by atoms with Crippen LogP contribution in [0.4, 0.5) is 0 Å². The molecule has 1 aromatic heterocycles. The lowest BCUT2D eigenvalue weighted by Crippen LogP contribution is -1.59. The lowest BCUT2D eigenvalue weighted by atomic mass is 11.0. The van der Waals surface area contributed by atoms with Gasteiger partial charge in [0.25, 0.3) is 0 Å². The van der Waals surface area contributed by atoms with Gasteiger partial charge in [0.05, 0.1) is 0 Å². The molecule has 0 fully saturated rings. The van der Waals surface area contributed by atoms with Crippen molar-refractivity contribution in [2.75, 3.05) is 0 Å². The van der Waals surface area contributed by atoms with Crippen molar-refractivity contribution in [3.63, 3.8) is 0 Å². The number of hydrogen-bond donors (Lipinski definition) is 0. The third kappa shape index (κ3) is 1.16. The Hall–Kier alpha value is 0.420. The summed E-state index contributed by atoms with van der Waals surface area (Å²) in [5, 5.41) is 0. The van der Waals surface area contributed by atoms with Crippen molar-refractivity contribution in [3.05, 3.63) is 14.8 Å². The molecule has 2 nitrogen and oxygen atoms in total. The average Bonchev–Trinajstić information content (AvgIpc) is 1.91. The Labute approximate surface area is 62.6 Å². The van der Waals surface area contributed by atoms with Crippen LogP contribution in [0.25, 0.3) is 0 Å². The van der Waals surface area contributed by atoms with Crippen molar-refractivity contribution in [3.8, 4) is 0 Å². The van der Waals surface area contributed by atoms with E-state index in [1.54, 1.807) is 0 Å². The smallest absolute Gasteiger partial charge is 0.198 e. The Balaban J connectivity index is 3.12. The van der Waals surface area contributed by atoms with Gasteiger partial charge in [0, 0.05) is 22.6 Å². The Morgan fingerprint density at radius 1 is 1.86 bits per heavy atom. The molecule has 0 aliphatic carbocycles. The van der Waals surface area contributed by atoms with Gasteiger partial charge in [-0.15, -0.1) is 0 Å². The fourth-order valence-electron chi connectivity index (χ4n) is 0.218. The van der Waals surface area contributed by atoms with Gasteiger partial charge in [-0.2, -0.15) is 0 Å². The summed E-state index contributed by atoms with van der Waals surface area (Å²) in [6, 6.07) is 0. The third-order valence-corrected chi connectivity index (χ3v) is 2.56. The predicted octanol–water partition coefficient (Wildman–Crippen LogP) is 2.04. The van der Waals surface area contributed by atoms with Gasteiger partial charge in [0.15, 0.2) is 14.8 Å². The van der Waals surface area contributed by atoms with Crippen LogP contribution in [0.3, 0.4) is 0 Å². The summed E-state index contributed by atoms with van der Waals surface area (Å²) in [6.07, 6.45) is 1.39. The van der Waals surface area contributed by atoms with Crippen LogP contribution < -0.4 is 0 Å². The molecular formula is C3HBrINO. The molecular weight excluding hydrogens is 273 g/mol. The molecule has 0 saturated heterocycles. The minimum Gasteiger partial charge on any atom is -0.437 e. The fourth-order valence-corrected chi connectivity index (χ4v) is 0.648. The molecule has 0 aliphatic heterocycles. The number of oxazole rings is 1. The highest BCUT2D eigenvalue weighted by atomic mass is 127. The van der Waals surface area contributed by atoms with E-state index in [-0.39, 0.29) is 0 Å². The van der Waals surface area contributed by atoms with Crippen LogP contribution in [-0.2, 0) is 0 Å². The third-order valence-electron chi connectivity index (χ3n) is 0.484. The first-order valence-corrected chi connectivity index (χ1v) is 3.42. The molecule has 0 amide bonds. The van der Waals surface area contributed by atoms with Crippen molar-refractivity contribution in [2.45, 2.75) is 0 Å². The Morgan fingerprint density at radius 2 is 2.57 bits per heavy atom. The van der Waals surface area contributed by atoms with Gasteiger partial charge in [-0.05, 0) is 15.9 Å². The van der Waals surface area contributed by atoms with Gasteiger partial charge >= 0.3 is 0 Å². The molecule has 1 aromatic rings. The Kier molecular flexibility index (Phi) is 1.69. The van der Waals surface area contributed by atoms with Crippen LogP contribution in [0.1, 0.15) is 0 Å². The Bertz CT molecular complexity index is 147. The monoisotopic (exact) mass is 273 g/mol. The maximum absolute atomic E-state index is 4.79. The van der Waals surface area contributed by atoms with E-state index in [1.165, 1.54) is 6.39 Å². The van der Waals surface area contributed by atoms with Gasteiger partial charge in [-0.25, -0.2) is 4.98 Å². The molecule has 0 bridgehead atoms. The molecule has 0 N–H and O–H groups in total. The number of hydrogen-bond acceptors (Lipinski definition) is 2. The number of aromatic nitrogens is 1. The lowest BCUT2D eigenvalue weighted by molar-refractivity contribution is 0.529.